The largest absolute Gasteiger partial charge is 0.457 e. The number of allylic oxidation sites excluding steroid dienone is 2. The molecule has 0 saturated carbocycles. The summed E-state index contributed by atoms with van der Waals surface area (Å²) in [7, 11) is 0. The highest BCUT2D eigenvalue weighted by Crippen LogP contribution is 2.30. The minimum atomic E-state index is -0.373. The fourth-order valence-electron chi connectivity index (χ4n) is 3.01. The Labute approximate surface area is 194 Å². The van der Waals surface area contributed by atoms with E-state index in [4.69, 9.17) is 9.47 Å². The molecule has 0 spiro atoms. The third-order valence-electron chi connectivity index (χ3n) is 4.45. The molecular formula is C28H24N2O3. The van der Waals surface area contributed by atoms with E-state index in [1.807, 2.05) is 85.8 Å². The maximum atomic E-state index is 11.8. The number of aliphatic imine (C=N–C) groups is 1. The molecule has 0 unspecified atom stereocenters. The van der Waals surface area contributed by atoms with Gasteiger partial charge in [-0.25, -0.2) is 0 Å². The SMILES string of the molecule is C=N/C=C(\C(=C/C)Oc1ccc(Oc2ccccc2)cc1)c1cccc(NC(=O)C#CC)c1. The number of benzene rings is 3. The molecule has 5 nitrogen and oxygen atoms in total. The Morgan fingerprint density at radius 1 is 0.970 bits per heavy atom. The van der Waals surface area contributed by atoms with Gasteiger partial charge in [0.05, 0.1) is 0 Å². The van der Waals surface area contributed by atoms with Gasteiger partial charge in [-0.15, -0.1) is 0 Å². The molecule has 3 rings (SSSR count). The highest BCUT2D eigenvalue weighted by atomic mass is 16.5. The molecular weight excluding hydrogens is 412 g/mol. The molecule has 5 heteroatoms. The van der Waals surface area contributed by atoms with Crippen LogP contribution in [0.5, 0.6) is 17.2 Å². The number of carbonyl (C=O) groups is 1. The van der Waals surface area contributed by atoms with Crippen LogP contribution in [-0.4, -0.2) is 12.6 Å². The lowest BCUT2D eigenvalue weighted by Crippen LogP contribution is -2.08. The molecule has 0 aliphatic carbocycles. The molecule has 3 aromatic rings. The smallest absolute Gasteiger partial charge is 0.300 e. The molecule has 0 saturated heterocycles. The topological polar surface area (TPSA) is 59.9 Å². The van der Waals surface area contributed by atoms with Crippen molar-refractivity contribution in [3.63, 3.8) is 0 Å². The minimum Gasteiger partial charge on any atom is -0.457 e. The Morgan fingerprint density at radius 2 is 1.67 bits per heavy atom. The average Bonchev–Trinajstić information content (AvgIpc) is 2.83. The third kappa shape index (κ3) is 6.71. The zero-order valence-electron chi connectivity index (χ0n) is 18.5. The zero-order chi connectivity index (χ0) is 23.5. The van der Waals surface area contributed by atoms with Crippen molar-refractivity contribution < 1.29 is 14.3 Å². The van der Waals surface area contributed by atoms with Crippen LogP contribution in [0.15, 0.2) is 102 Å². The van der Waals surface area contributed by atoms with Crippen molar-refractivity contribution in [3.8, 4) is 29.1 Å². The van der Waals surface area contributed by atoms with Crippen molar-refractivity contribution in [3.05, 3.63) is 102 Å². The standard InChI is InChI=1S/C28H24N2O3/c1-4-10-28(31)30-22-12-9-11-21(19-22)26(20-29-3)27(5-2)33-25-17-15-24(16-18-25)32-23-13-7-6-8-14-23/h5-9,11-20H,3H2,1-2H3,(H,30,31)/b26-20-,27-5+. The molecule has 1 amide bonds. The number of rotatable bonds is 8. The van der Waals surface area contributed by atoms with Crippen LogP contribution in [0.1, 0.15) is 19.4 Å². The van der Waals surface area contributed by atoms with E-state index < -0.39 is 0 Å². The van der Waals surface area contributed by atoms with Crippen molar-refractivity contribution >= 4 is 23.9 Å². The van der Waals surface area contributed by atoms with Crippen LogP contribution in [0.2, 0.25) is 0 Å². The summed E-state index contributed by atoms with van der Waals surface area (Å²) >= 11 is 0. The molecule has 1 N–H and O–H groups in total. The van der Waals surface area contributed by atoms with Crippen LogP contribution >= 0.6 is 0 Å². The van der Waals surface area contributed by atoms with Gasteiger partial charge in [0, 0.05) is 17.5 Å². The third-order valence-corrected chi connectivity index (χ3v) is 4.45. The number of nitrogens with zero attached hydrogens (tertiary/aromatic N) is 1. The van der Waals surface area contributed by atoms with E-state index in [1.54, 1.807) is 19.2 Å². The van der Waals surface area contributed by atoms with Crippen molar-refractivity contribution in [1.82, 2.24) is 0 Å². The predicted molar refractivity (Wildman–Crippen MR) is 133 cm³/mol. The van der Waals surface area contributed by atoms with E-state index >= 15 is 0 Å². The van der Waals surface area contributed by atoms with Gasteiger partial charge >= 0.3 is 0 Å². The fraction of sp³-hybridized carbons (Fsp3) is 0.0714. The van der Waals surface area contributed by atoms with E-state index in [1.165, 1.54) is 0 Å². The lowest BCUT2D eigenvalue weighted by atomic mass is 10.0. The lowest BCUT2D eigenvalue weighted by molar-refractivity contribution is -0.111. The van der Waals surface area contributed by atoms with Gasteiger partial charge in [-0.05, 0) is 86.7 Å². The number of nitrogens with one attached hydrogen (secondary N) is 1. The molecule has 0 fully saturated rings. The quantitative estimate of drug-likeness (QED) is 0.191. The molecule has 0 atom stereocenters. The first-order valence-corrected chi connectivity index (χ1v) is 10.3. The second-order valence-corrected chi connectivity index (χ2v) is 6.78. The Kier molecular flexibility index (Phi) is 8.21. The molecule has 3 aromatic carbocycles. The van der Waals surface area contributed by atoms with Crippen molar-refractivity contribution in [1.29, 1.82) is 0 Å². The second kappa shape index (κ2) is 11.7. The highest BCUT2D eigenvalue weighted by Gasteiger charge is 2.12. The van der Waals surface area contributed by atoms with Crippen LogP contribution in [0.3, 0.4) is 0 Å². The molecule has 0 aliphatic heterocycles. The zero-order valence-corrected chi connectivity index (χ0v) is 18.5. The molecule has 0 aromatic heterocycles. The average molecular weight is 437 g/mol. The summed E-state index contributed by atoms with van der Waals surface area (Å²) in [5.41, 5.74) is 2.14. The van der Waals surface area contributed by atoms with E-state index in [0.29, 0.717) is 22.9 Å². The normalized spacial score (nSPS) is 11.1. The Bertz CT molecular complexity index is 1230. The fourth-order valence-corrected chi connectivity index (χ4v) is 3.01. The van der Waals surface area contributed by atoms with E-state index in [9.17, 15) is 4.79 Å². The summed E-state index contributed by atoms with van der Waals surface area (Å²) in [6, 6.07) is 24.3. The number of hydrogen-bond donors (Lipinski definition) is 1. The summed E-state index contributed by atoms with van der Waals surface area (Å²) in [5.74, 6) is 7.38. The first-order chi connectivity index (χ1) is 16.1. The predicted octanol–water partition coefficient (Wildman–Crippen LogP) is 6.47. The summed E-state index contributed by atoms with van der Waals surface area (Å²) in [5, 5.41) is 2.75. The maximum absolute atomic E-state index is 11.8. The summed E-state index contributed by atoms with van der Waals surface area (Å²) in [6.45, 7) is 7.07. The van der Waals surface area contributed by atoms with Gasteiger partial charge < -0.3 is 14.8 Å². The van der Waals surface area contributed by atoms with Crippen LogP contribution in [0, 0.1) is 11.8 Å². The number of amides is 1. The molecule has 0 aliphatic rings. The van der Waals surface area contributed by atoms with Gasteiger partial charge in [0.15, 0.2) is 0 Å². The number of hydrogen-bond acceptors (Lipinski definition) is 4. The Morgan fingerprint density at radius 3 is 2.33 bits per heavy atom. The van der Waals surface area contributed by atoms with Gasteiger partial charge in [0.1, 0.15) is 23.0 Å². The number of para-hydroxylation sites is 1. The van der Waals surface area contributed by atoms with Gasteiger partial charge in [0.2, 0.25) is 0 Å². The first kappa shape index (κ1) is 23.1. The van der Waals surface area contributed by atoms with Crippen LogP contribution < -0.4 is 14.8 Å². The lowest BCUT2D eigenvalue weighted by Gasteiger charge is -2.15. The minimum absolute atomic E-state index is 0.373. The van der Waals surface area contributed by atoms with E-state index in [2.05, 4.69) is 28.9 Å². The molecule has 0 heterocycles. The number of ether oxygens (including phenoxy) is 2. The van der Waals surface area contributed by atoms with Gasteiger partial charge in [0.25, 0.3) is 5.91 Å². The van der Waals surface area contributed by atoms with E-state index in [-0.39, 0.29) is 5.91 Å². The van der Waals surface area contributed by atoms with Crippen LogP contribution in [0.4, 0.5) is 5.69 Å². The van der Waals surface area contributed by atoms with Gasteiger partial charge in [-0.1, -0.05) is 36.3 Å². The van der Waals surface area contributed by atoms with Crippen LogP contribution in [-0.2, 0) is 4.79 Å². The molecule has 33 heavy (non-hydrogen) atoms. The maximum Gasteiger partial charge on any atom is 0.300 e. The highest BCUT2D eigenvalue weighted by molar-refractivity contribution is 6.04. The van der Waals surface area contributed by atoms with Crippen LogP contribution in [0.25, 0.3) is 5.57 Å². The van der Waals surface area contributed by atoms with Gasteiger partial charge in [-0.2, -0.15) is 0 Å². The van der Waals surface area contributed by atoms with Crippen molar-refractivity contribution in [2.75, 3.05) is 5.32 Å². The Balaban J connectivity index is 1.78. The summed E-state index contributed by atoms with van der Waals surface area (Å²) < 4.78 is 12.0. The molecule has 164 valence electrons. The summed E-state index contributed by atoms with van der Waals surface area (Å²) in [6.07, 6.45) is 3.47. The van der Waals surface area contributed by atoms with E-state index in [0.717, 1.165) is 16.9 Å². The summed E-state index contributed by atoms with van der Waals surface area (Å²) in [4.78, 5) is 15.8. The molecule has 0 radical (unpaired) electrons. The monoisotopic (exact) mass is 436 g/mol. The number of carbonyl (C=O) groups excluding carboxylic acids is 1. The molecule has 0 bridgehead atoms. The number of anilines is 1. The van der Waals surface area contributed by atoms with Crippen molar-refractivity contribution in [2.24, 2.45) is 4.99 Å². The van der Waals surface area contributed by atoms with Crippen molar-refractivity contribution in [2.45, 2.75) is 13.8 Å². The van der Waals surface area contributed by atoms with Gasteiger partial charge in [-0.3, -0.25) is 9.79 Å². The first-order valence-electron chi connectivity index (χ1n) is 10.3. The Hall–Kier alpha value is -4.56. The second-order valence-electron chi connectivity index (χ2n) is 6.78.